The van der Waals surface area contributed by atoms with Gasteiger partial charge in [-0.15, -0.1) is 0 Å². The minimum Gasteiger partial charge on any atom is -0.515 e. The van der Waals surface area contributed by atoms with E-state index in [2.05, 4.69) is 0 Å². The Morgan fingerprint density at radius 3 is 2.30 bits per heavy atom. The van der Waals surface area contributed by atoms with Gasteiger partial charge < -0.3 is 10.5 Å². The highest BCUT2D eigenvalue weighted by Gasteiger charge is 2.08. The Labute approximate surface area is 59.9 Å². The first-order valence-electron chi connectivity index (χ1n) is 3.06. The van der Waals surface area contributed by atoms with Crippen molar-refractivity contribution in [3.8, 4) is 0 Å². The molecule has 56 valence electrons. The number of aliphatic hydroxyl groups is 1. The van der Waals surface area contributed by atoms with Crippen LogP contribution in [-0.4, -0.2) is 16.6 Å². The molecule has 0 radical (unpaired) electrons. The smallest absolute Gasteiger partial charge is 0.167 e. The van der Waals surface area contributed by atoms with Gasteiger partial charge in [-0.25, -0.2) is 0 Å². The summed E-state index contributed by atoms with van der Waals surface area (Å²) in [6, 6.07) is 0. The van der Waals surface area contributed by atoms with Gasteiger partial charge in [0.05, 0.1) is 11.8 Å². The van der Waals surface area contributed by atoms with Gasteiger partial charge in [0.15, 0.2) is 5.78 Å². The molecule has 0 spiro atoms. The van der Waals surface area contributed by atoms with Gasteiger partial charge in [-0.3, -0.25) is 4.79 Å². The second-order valence-electron chi connectivity index (χ2n) is 1.94. The Morgan fingerprint density at radius 1 is 1.70 bits per heavy atom. The molecule has 0 amide bonds. The van der Waals surface area contributed by atoms with Gasteiger partial charge in [0, 0.05) is 12.1 Å². The lowest BCUT2D eigenvalue weighted by atomic mass is 10.1. The first-order chi connectivity index (χ1) is 4.63. The van der Waals surface area contributed by atoms with Crippen molar-refractivity contribution in [2.24, 2.45) is 0 Å². The first kappa shape index (κ1) is 8.88. The molecule has 0 aliphatic carbocycles. The van der Waals surface area contributed by atoms with E-state index in [1.165, 1.54) is 6.92 Å². The predicted octanol–water partition coefficient (Wildman–Crippen LogP) is 1.45. The number of carbonyl (C=O) groups excluding carboxylic acids is 1. The van der Waals surface area contributed by atoms with Crippen molar-refractivity contribution in [1.82, 2.24) is 0 Å². The van der Waals surface area contributed by atoms with Crippen LogP contribution in [0.25, 0.3) is 0 Å². The van der Waals surface area contributed by atoms with Crippen LogP contribution < -0.4 is 0 Å². The third-order valence-electron chi connectivity index (χ3n) is 1.15. The van der Waals surface area contributed by atoms with Crippen molar-refractivity contribution in [1.29, 1.82) is 5.41 Å². The van der Waals surface area contributed by atoms with Crippen molar-refractivity contribution in [3.63, 3.8) is 0 Å². The summed E-state index contributed by atoms with van der Waals surface area (Å²) in [5, 5.41) is 15.5. The fraction of sp³-hybridized carbons (Fsp3) is 0.429. The summed E-state index contributed by atoms with van der Waals surface area (Å²) < 4.78 is 0. The third kappa shape index (κ3) is 2.01. The highest BCUT2D eigenvalue weighted by atomic mass is 16.2. The molecule has 0 aromatic heterocycles. The molecule has 0 saturated carbocycles. The van der Waals surface area contributed by atoms with Gasteiger partial charge >= 0.3 is 0 Å². The van der Waals surface area contributed by atoms with Crippen molar-refractivity contribution in [2.45, 2.75) is 20.3 Å². The van der Waals surface area contributed by atoms with Crippen LogP contribution in [0.5, 0.6) is 0 Å². The molecule has 3 heteroatoms. The lowest BCUT2D eigenvalue weighted by Gasteiger charge is -1.98. The molecule has 0 saturated heterocycles. The van der Waals surface area contributed by atoms with Crippen LogP contribution in [0.15, 0.2) is 11.8 Å². The number of aliphatic hydroxyl groups excluding tert-OH is 1. The van der Waals surface area contributed by atoms with E-state index < -0.39 is 0 Å². The molecule has 3 nitrogen and oxygen atoms in total. The summed E-state index contributed by atoms with van der Waals surface area (Å²) >= 11 is 0. The second-order valence-corrected chi connectivity index (χ2v) is 1.94. The van der Waals surface area contributed by atoms with Gasteiger partial charge in [-0.2, -0.15) is 0 Å². The second kappa shape index (κ2) is 3.82. The Morgan fingerprint density at radius 2 is 2.20 bits per heavy atom. The number of ketones is 1. The van der Waals surface area contributed by atoms with E-state index in [0.29, 0.717) is 12.7 Å². The molecule has 0 rings (SSSR count). The zero-order valence-electron chi connectivity index (χ0n) is 6.14. The van der Waals surface area contributed by atoms with E-state index in [0.717, 1.165) is 0 Å². The molecule has 0 unspecified atom stereocenters. The van der Waals surface area contributed by atoms with E-state index in [-0.39, 0.29) is 17.1 Å². The summed E-state index contributed by atoms with van der Waals surface area (Å²) in [5.41, 5.74) is 0.205. The molecule has 2 N–H and O–H groups in total. The van der Waals surface area contributed by atoms with Gasteiger partial charge in [0.2, 0.25) is 0 Å². The lowest BCUT2D eigenvalue weighted by Crippen LogP contribution is -2.07. The van der Waals surface area contributed by atoms with Crippen molar-refractivity contribution in [3.05, 3.63) is 11.8 Å². The largest absolute Gasteiger partial charge is 0.515 e. The van der Waals surface area contributed by atoms with E-state index in [1.807, 2.05) is 0 Å². The standard InChI is InChI=1S/C7H11NO2/c1-3-7(10)6(4-9)5(2)8/h4,8-9H,3H2,1-2H3/b6-4-,8-5?. The van der Waals surface area contributed by atoms with Crippen LogP contribution in [0.1, 0.15) is 20.3 Å². The van der Waals surface area contributed by atoms with Crippen LogP contribution in [0.2, 0.25) is 0 Å². The Hall–Kier alpha value is -1.12. The zero-order chi connectivity index (χ0) is 8.15. The zero-order valence-corrected chi connectivity index (χ0v) is 6.14. The van der Waals surface area contributed by atoms with Crippen LogP contribution >= 0.6 is 0 Å². The molecular formula is C7H11NO2. The Bertz CT molecular complexity index is 182. The summed E-state index contributed by atoms with van der Waals surface area (Å²) in [7, 11) is 0. The maximum atomic E-state index is 10.8. The summed E-state index contributed by atoms with van der Waals surface area (Å²) in [4.78, 5) is 10.8. The monoisotopic (exact) mass is 141 g/mol. The lowest BCUT2D eigenvalue weighted by molar-refractivity contribution is -0.114. The quantitative estimate of drug-likeness (QED) is 0.355. The Kier molecular flexibility index (Phi) is 3.39. The normalized spacial score (nSPS) is 11.2. The molecular weight excluding hydrogens is 130 g/mol. The molecule has 0 fully saturated rings. The summed E-state index contributed by atoms with van der Waals surface area (Å²) in [6.45, 7) is 3.16. The minimum atomic E-state index is -0.199. The summed E-state index contributed by atoms with van der Waals surface area (Å²) in [6.07, 6.45) is 1.01. The molecule has 0 atom stereocenters. The van der Waals surface area contributed by atoms with Crippen molar-refractivity contribution in [2.75, 3.05) is 0 Å². The molecule has 10 heavy (non-hydrogen) atoms. The topological polar surface area (TPSA) is 61.1 Å². The molecule has 0 heterocycles. The highest BCUT2D eigenvalue weighted by Crippen LogP contribution is 1.99. The summed E-state index contributed by atoms with van der Waals surface area (Å²) in [5.74, 6) is -0.199. The highest BCUT2D eigenvalue weighted by molar-refractivity contribution is 6.20. The molecule has 0 aliphatic rings. The maximum Gasteiger partial charge on any atom is 0.167 e. The third-order valence-corrected chi connectivity index (χ3v) is 1.15. The number of nitrogens with one attached hydrogen (secondary N) is 1. The van der Waals surface area contributed by atoms with Gasteiger partial charge in [-0.05, 0) is 6.92 Å². The number of Topliss-reactive ketones (excluding diaryl/α,β-unsaturated/α-hetero) is 1. The SMILES string of the molecule is CCC(=O)/C(=C\O)C(C)=N. The van der Waals surface area contributed by atoms with E-state index in [4.69, 9.17) is 10.5 Å². The van der Waals surface area contributed by atoms with E-state index >= 15 is 0 Å². The van der Waals surface area contributed by atoms with E-state index in [9.17, 15) is 4.79 Å². The number of rotatable bonds is 3. The molecule has 0 aromatic rings. The number of carbonyl (C=O) groups is 1. The van der Waals surface area contributed by atoms with Crippen LogP contribution in [-0.2, 0) is 4.79 Å². The minimum absolute atomic E-state index is 0.0995. The Balaban J connectivity index is 4.39. The predicted molar refractivity (Wildman–Crippen MR) is 39.4 cm³/mol. The first-order valence-corrected chi connectivity index (χ1v) is 3.06. The van der Waals surface area contributed by atoms with Crippen LogP contribution in [0, 0.1) is 5.41 Å². The van der Waals surface area contributed by atoms with E-state index in [1.54, 1.807) is 6.92 Å². The van der Waals surface area contributed by atoms with Crippen molar-refractivity contribution < 1.29 is 9.90 Å². The number of allylic oxidation sites excluding steroid dienone is 1. The molecule has 0 aliphatic heterocycles. The average Bonchev–Trinajstić information content (AvgIpc) is 1.88. The van der Waals surface area contributed by atoms with Gasteiger partial charge in [0.1, 0.15) is 0 Å². The number of hydrogen-bond donors (Lipinski definition) is 2. The van der Waals surface area contributed by atoms with Crippen LogP contribution in [0.3, 0.4) is 0 Å². The fourth-order valence-corrected chi connectivity index (χ4v) is 0.568. The number of hydrogen-bond acceptors (Lipinski definition) is 3. The molecule has 0 aromatic carbocycles. The van der Waals surface area contributed by atoms with Crippen molar-refractivity contribution >= 4 is 11.5 Å². The van der Waals surface area contributed by atoms with Gasteiger partial charge in [-0.1, -0.05) is 6.92 Å². The molecule has 0 bridgehead atoms. The fourth-order valence-electron chi connectivity index (χ4n) is 0.568. The van der Waals surface area contributed by atoms with Crippen LogP contribution in [0.4, 0.5) is 0 Å². The van der Waals surface area contributed by atoms with Gasteiger partial charge in [0.25, 0.3) is 0 Å². The maximum absolute atomic E-state index is 10.8. The average molecular weight is 141 g/mol.